The first-order valence-electron chi connectivity index (χ1n) is 24.4. The van der Waals surface area contributed by atoms with Gasteiger partial charge in [0.25, 0.3) is 0 Å². The summed E-state index contributed by atoms with van der Waals surface area (Å²) in [6.07, 6.45) is 44.2. The molecule has 0 spiro atoms. The molecule has 0 aliphatic rings. The zero-order valence-electron chi connectivity index (χ0n) is 37.3. The van der Waals surface area contributed by atoms with Gasteiger partial charge in [-0.25, -0.2) is 0 Å². The van der Waals surface area contributed by atoms with Gasteiger partial charge in [-0.1, -0.05) is 176 Å². The Morgan fingerprint density at radius 3 is 1.17 bits per heavy atom. The molecule has 5 heteroatoms. The van der Waals surface area contributed by atoms with E-state index >= 15 is 0 Å². The second-order valence-electron chi connectivity index (χ2n) is 16.8. The van der Waals surface area contributed by atoms with Gasteiger partial charge < -0.3 is 19.5 Å². The van der Waals surface area contributed by atoms with Gasteiger partial charge in [0.05, 0.1) is 18.5 Å². The third-order valence-electron chi connectivity index (χ3n) is 11.4. The number of carbonyl (C=O) groups excluding carboxylic acids is 1. The van der Waals surface area contributed by atoms with Crippen LogP contribution in [0.2, 0.25) is 0 Å². The molecule has 0 aliphatic heterocycles. The number of allylic oxidation sites excluding steroid dienone is 1. The van der Waals surface area contributed by atoms with E-state index in [1.54, 1.807) is 0 Å². The molecule has 54 heavy (non-hydrogen) atoms. The van der Waals surface area contributed by atoms with Crippen LogP contribution in [0.4, 0.5) is 0 Å². The highest BCUT2D eigenvalue weighted by atomic mass is 16.5. The van der Waals surface area contributed by atoms with Crippen LogP contribution < -0.4 is 0 Å². The van der Waals surface area contributed by atoms with Gasteiger partial charge in [0.15, 0.2) is 0 Å². The van der Waals surface area contributed by atoms with E-state index in [-0.39, 0.29) is 18.7 Å². The Balaban J connectivity index is 4.39. The van der Waals surface area contributed by atoms with Crippen molar-refractivity contribution in [1.82, 2.24) is 4.90 Å². The Morgan fingerprint density at radius 1 is 0.444 bits per heavy atom. The van der Waals surface area contributed by atoms with Gasteiger partial charge in [-0.15, -0.1) is 0 Å². The highest BCUT2D eigenvalue weighted by Gasteiger charge is 2.15. The average Bonchev–Trinajstić information content (AvgIpc) is 3.16. The number of nitrogens with zero attached hydrogens (tertiary/aromatic N) is 1. The molecular formula is C49H97NO4. The topological polar surface area (TPSA) is 59.0 Å². The number of aliphatic hydroxyl groups is 1. The van der Waals surface area contributed by atoms with Crippen molar-refractivity contribution in [2.24, 2.45) is 0 Å². The first kappa shape index (κ1) is 52.9. The van der Waals surface area contributed by atoms with E-state index in [1.807, 2.05) is 0 Å². The number of hydrogen-bond donors (Lipinski definition) is 1. The van der Waals surface area contributed by atoms with Gasteiger partial charge in [0.2, 0.25) is 0 Å². The molecule has 0 aromatic heterocycles. The van der Waals surface area contributed by atoms with Gasteiger partial charge in [-0.3, -0.25) is 4.79 Å². The van der Waals surface area contributed by atoms with Crippen molar-refractivity contribution >= 4 is 5.97 Å². The molecule has 0 fully saturated rings. The maximum atomic E-state index is 12.8. The number of unbranched alkanes of at least 4 members (excludes halogenated alkanes) is 24. The first-order chi connectivity index (χ1) is 26.5. The van der Waals surface area contributed by atoms with E-state index in [1.165, 1.54) is 167 Å². The Bertz CT molecular complexity index is 681. The fourth-order valence-electron chi connectivity index (χ4n) is 7.77. The fourth-order valence-corrected chi connectivity index (χ4v) is 7.77. The summed E-state index contributed by atoms with van der Waals surface area (Å²) in [7, 11) is 0. The molecule has 0 aromatic carbocycles. The molecule has 0 radical (unpaired) electrons. The largest absolute Gasteiger partial charge is 0.495 e. The molecule has 0 aliphatic carbocycles. The van der Waals surface area contributed by atoms with Crippen molar-refractivity contribution in [3.8, 4) is 0 Å². The first-order valence-corrected chi connectivity index (χ1v) is 24.4. The van der Waals surface area contributed by atoms with E-state index in [4.69, 9.17) is 9.47 Å². The van der Waals surface area contributed by atoms with E-state index in [0.29, 0.717) is 12.5 Å². The lowest BCUT2D eigenvalue weighted by Gasteiger charge is -2.22. The summed E-state index contributed by atoms with van der Waals surface area (Å²) < 4.78 is 12.5. The van der Waals surface area contributed by atoms with Gasteiger partial charge in [-0.05, 0) is 90.1 Å². The summed E-state index contributed by atoms with van der Waals surface area (Å²) in [6, 6.07) is 0. The maximum Gasteiger partial charge on any atom is 0.306 e. The van der Waals surface area contributed by atoms with Crippen molar-refractivity contribution in [2.75, 3.05) is 26.2 Å². The lowest BCUT2D eigenvalue weighted by Crippen LogP contribution is -2.29. The van der Waals surface area contributed by atoms with Crippen LogP contribution in [0.3, 0.4) is 0 Å². The van der Waals surface area contributed by atoms with Crippen LogP contribution in [0.15, 0.2) is 12.3 Å². The zero-order valence-corrected chi connectivity index (χ0v) is 37.3. The van der Waals surface area contributed by atoms with Crippen LogP contribution in [-0.4, -0.2) is 54.4 Å². The van der Waals surface area contributed by atoms with E-state index in [2.05, 4.69) is 39.2 Å². The third kappa shape index (κ3) is 37.8. The molecule has 0 amide bonds. The maximum absolute atomic E-state index is 12.8. The molecule has 0 unspecified atom stereocenters. The number of carbonyl (C=O) groups is 1. The number of hydrogen-bond acceptors (Lipinski definition) is 5. The molecule has 0 aromatic rings. The quantitative estimate of drug-likeness (QED) is 0.0380. The smallest absolute Gasteiger partial charge is 0.306 e. The van der Waals surface area contributed by atoms with Crippen molar-refractivity contribution in [3.05, 3.63) is 12.3 Å². The molecule has 322 valence electrons. The van der Waals surface area contributed by atoms with Crippen molar-refractivity contribution in [1.29, 1.82) is 0 Å². The second kappa shape index (κ2) is 43.1. The van der Waals surface area contributed by atoms with Crippen molar-refractivity contribution in [2.45, 2.75) is 271 Å². The van der Waals surface area contributed by atoms with E-state index in [9.17, 15) is 9.90 Å². The molecule has 1 N–H and O–H groups in total. The van der Waals surface area contributed by atoms with Crippen LogP contribution >= 0.6 is 0 Å². The van der Waals surface area contributed by atoms with Gasteiger partial charge >= 0.3 is 5.97 Å². The lowest BCUT2D eigenvalue weighted by molar-refractivity contribution is -0.150. The molecule has 5 nitrogen and oxygen atoms in total. The predicted molar refractivity (Wildman–Crippen MR) is 236 cm³/mol. The highest BCUT2D eigenvalue weighted by molar-refractivity contribution is 5.69. The standard InChI is InChI=1S/C49H97NO4/c1-6-10-14-18-22-29-37-47(38-30-23-19-15-11-7-2)53-46(5)36-28-26-34-42-50(44-45-51)43-35-27-33-41-49(52)54-48(39-31-24-20-16-12-8-3)40-32-25-21-17-13-9-4/h47-48,51H,5-45H2,1-4H3. The third-order valence-corrected chi connectivity index (χ3v) is 11.4. The van der Waals surface area contributed by atoms with Crippen LogP contribution in [0, 0.1) is 0 Å². The molecule has 0 saturated carbocycles. The van der Waals surface area contributed by atoms with Gasteiger partial charge in [0.1, 0.15) is 6.10 Å². The molecular weight excluding hydrogens is 667 g/mol. The minimum atomic E-state index is 0.00545. The average molecular weight is 764 g/mol. The Hall–Kier alpha value is -1.07. The molecule has 0 saturated heterocycles. The SMILES string of the molecule is C=C(CCCCCN(CCO)CCCCCC(=O)OC(CCCCCCCC)CCCCCCCC)OC(CCCCCCCC)CCCCCCCC. The normalized spacial score (nSPS) is 11.7. The predicted octanol–water partition coefficient (Wildman–Crippen LogP) is 15.2. The Morgan fingerprint density at radius 2 is 0.778 bits per heavy atom. The van der Waals surface area contributed by atoms with Crippen LogP contribution in [0.25, 0.3) is 0 Å². The summed E-state index contributed by atoms with van der Waals surface area (Å²) in [5.74, 6) is 0.990. The highest BCUT2D eigenvalue weighted by Crippen LogP contribution is 2.22. The van der Waals surface area contributed by atoms with Crippen LogP contribution in [0.5, 0.6) is 0 Å². The summed E-state index contributed by atoms with van der Waals surface area (Å²) in [5, 5.41) is 9.69. The van der Waals surface area contributed by atoms with E-state index in [0.717, 1.165) is 83.2 Å². The zero-order chi connectivity index (χ0) is 39.6. The number of esters is 1. The Kier molecular flexibility index (Phi) is 42.2. The monoisotopic (exact) mass is 764 g/mol. The van der Waals surface area contributed by atoms with E-state index < -0.39 is 0 Å². The van der Waals surface area contributed by atoms with Crippen LogP contribution in [-0.2, 0) is 14.3 Å². The summed E-state index contributed by atoms with van der Waals surface area (Å²) >= 11 is 0. The Labute approximate surface area is 339 Å². The van der Waals surface area contributed by atoms with Gasteiger partial charge in [-0.2, -0.15) is 0 Å². The molecule has 0 heterocycles. The van der Waals surface area contributed by atoms with Gasteiger partial charge in [0, 0.05) is 19.4 Å². The van der Waals surface area contributed by atoms with Crippen molar-refractivity contribution < 1.29 is 19.4 Å². The number of ether oxygens (including phenoxy) is 2. The summed E-state index contributed by atoms with van der Waals surface area (Å²) in [6.45, 7) is 16.4. The molecule has 0 bridgehead atoms. The molecule has 0 atom stereocenters. The summed E-state index contributed by atoms with van der Waals surface area (Å²) in [5.41, 5.74) is 0. The minimum absolute atomic E-state index is 0.00545. The number of rotatable bonds is 45. The second-order valence-corrected chi connectivity index (χ2v) is 16.8. The lowest BCUT2D eigenvalue weighted by atomic mass is 10.0. The fraction of sp³-hybridized carbons (Fsp3) is 0.939. The number of aliphatic hydroxyl groups excluding tert-OH is 1. The minimum Gasteiger partial charge on any atom is -0.495 e. The van der Waals surface area contributed by atoms with Crippen LogP contribution in [0.1, 0.15) is 259 Å². The molecule has 0 rings (SSSR count). The van der Waals surface area contributed by atoms with Crippen molar-refractivity contribution in [3.63, 3.8) is 0 Å². The summed E-state index contributed by atoms with van der Waals surface area (Å²) in [4.78, 5) is 15.2.